The summed E-state index contributed by atoms with van der Waals surface area (Å²) >= 11 is 0. The maximum Gasteiger partial charge on any atom is 0.330 e. The number of hydrogen-bond donors (Lipinski definition) is 0. The first-order valence-corrected chi connectivity index (χ1v) is 6.15. The summed E-state index contributed by atoms with van der Waals surface area (Å²) in [4.78, 5) is 15.4. The fourth-order valence-electron chi connectivity index (χ4n) is 1.78. The Bertz CT molecular complexity index is 576. The van der Waals surface area contributed by atoms with Gasteiger partial charge in [0.25, 0.3) is 0 Å². The molecule has 1 heterocycles. The zero-order chi connectivity index (χ0) is 13.5. The molecule has 2 rings (SSSR count). The van der Waals surface area contributed by atoms with Gasteiger partial charge in [0.2, 0.25) is 0 Å². The standard InChI is InChI=1S/C16H15NO2/c1-2-19-16(18)8-7-13-5-3-4-6-15(13)14-9-11-17-12-10-14/h3-12H,2H2,1H3/b8-7+. The molecule has 0 N–H and O–H groups in total. The number of ether oxygens (including phenoxy) is 1. The Hall–Kier alpha value is -2.42. The van der Waals surface area contributed by atoms with Crippen LogP contribution in [0.2, 0.25) is 0 Å². The second kappa shape index (κ2) is 6.50. The van der Waals surface area contributed by atoms with Gasteiger partial charge in [-0.05, 0) is 41.8 Å². The molecule has 3 heteroatoms. The topological polar surface area (TPSA) is 39.2 Å². The van der Waals surface area contributed by atoms with Gasteiger partial charge in [0.05, 0.1) is 6.61 Å². The van der Waals surface area contributed by atoms with E-state index in [1.54, 1.807) is 25.4 Å². The van der Waals surface area contributed by atoms with Gasteiger partial charge in [0, 0.05) is 18.5 Å². The molecule has 0 aliphatic carbocycles. The van der Waals surface area contributed by atoms with Crippen LogP contribution in [-0.4, -0.2) is 17.6 Å². The van der Waals surface area contributed by atoms with Crippen molar-refractivity contribution in [1.82, 2.24) is 4.98 Å². The zero-order valence-corrected chi connectivity index (χ0v) is 10.7. The Morgan fingerprint density at radius 1 is 1.21 bits per heavy atom. The normalized spacial score (nSPS) is 10.6. The number of nitrogens with zero attached hydrogens (tertiary/aromatic N) is 1. The summed E-state index contributed by atoms with van der Waals surface area (Å²) in [5.74, 6) is -0.327. The lowest BCUT2D eigenvalue weighted by Gasteiger charge is -2.05. The van der Waals surface area contributed by atoms with E-state index >= 15 is 0 Å². The Labute approximate surface area is 112 Å². The average molecular weight is 253 g/mol. The second-order valence-electron chi connectivity index (χ2n) is 3.91. The molecule has 19 heavy (non-hydrogen) atoms. The minimum atomic E-state index is -0.327. The monoisotopic (exact) mass is 253 g/mol. The lowest BCUT2D eigenvalue weighted by molar-refractivity contribution is -0.137. The second-order valence-corrected chi connectivity index (χ2v) is 3.91. The molecule has 0 aliphatic rings. The van der Waals surface area contributed by atoms with E-state index in [1.165, 1.54) is 6.08 Å². The number of benzene rings is 1. The van der Waals surface area contributed by atoms with E-state index in [-0.39, 0.29) is 5.97 Å². The van der Waals surface area contributed by atoms with Gasteiger partial charge in [0.1, 0.15) is 0 Å². The molecular formula is C16H15NO2. The zero-order valence-electron chi connectivity index (χ0n) is 10.7. The van der Waals surface area contributed by atoms with Gasteiger partial charge in [-0.3, -0.25) is 4.98 Å². The van der Waals surface area contributed by atoms with E-state index in [9.17, 15) is 4.79 Å². The molecule has 3 nitrogen and oxygen atoms in total. The summed E-state index contributed by atoms with van der Waals surface area (Å²) in [6.45, 7) is 2.17. The molecule has 0 saturated carbocycles. The highest BCUT2D eigenvalue weighted by molar-refractivity contribution is 5.89. The number of carbonyl (C=O) groups excluding carboxylic acids is 1. The van der Waals surface area contributed by atoms with Gasteiger partial charge >= 0.3 is 5.97 Å². The molecule has 0 amide bonds. The number of esters is 1. The van der Waals surface area contributed by atoms with Crippen molar-refractivity contribution in [3.05, 3.63) is 60.4 Å². The lowest BCUT2D eigenvalue weighted by atomic mass is 10.0. The first-order chi connectivity index (χ1) is 9.31. The van der Waals surface area contributed by atoms with Crippen LogP contribution in [0, 0.1) is 0 Å². The predicted molar refractivity (Wildman–Crippen MR) is 75.3 cm³/mol. The molecule has 0 spiro atoms. The van der Waals surface area contributed by atoms with Gasteiger partial charge < -0.3 is 4.74 Å². The molecular weight excluding hydrogens is 238 g/mol. The molecule has 0 unspecified atom stereocenters. The summed E-state index contributed by atoms with van der Waals surface area (Å²) in [6.07, 6.45) is 6.72. The minimum absolute atomic E-state index is 0.327. The Balaban J connectivity index is 2.30. The summed E-state index contributed by atoms with van der Waals surface area (Å²) in [5.41, 5.74) is 3.10. The fourth-order valence-corrected chi connectivity index (χ4v) is 1.78. The molecule has 0 atom stereocenters. The summed E-state index contributed by atoms with van der Waals surface area (Å²) in [5, 5.41) is 0. The van der Waals surface area contributed by atoms with Crippen molar-refractivity contribution in [3.8, 4) is 11.1 Å². The number of rotatable bonds is 4. The van der Waals surface area contributed by atoms with Crippen LogP contribution in [0.4, 0.5) is 0 Å². The highest BCUT2D eigenvalue weighted by atomic mass is 16.5. The number of hydrogen-bond acceptors (Lipinski definition) is 3. The molecule has 96 valence electrons. The summed E-state index contributed by atoms with van der Waals surface area (Å²) in [7, 11) is 0. The Morgan fingerprint density at radius 3 is 2.68 bits per heavy atom. The van der Waals surface area contributed by atoms with Crippen molar-refractivity contribution in [2.45, 2.75) is 6.92 Å². The molecule has 1 aromatic heterocycles. The van der Waals surface area contributed by atoms with Gasteiger partial charge in [-0.1, -0.05) is 24.3 Å². The van der Waals surface area contributed by atoms with E-state index in [0.717, 1.165) is 16.7 Å². The largest absolute Gasteiger partial charge is 0.463 e. The van der Waals surface area contributed by atoms with Gasteiger partial charge in [-0.25, -0.2) is 4.79 Å². The van der Waals surface area contributed by atoms with Gasteiger partial charge in [0.15, 0.2) is 0 Å². The van der Waals surface area contributed by atoms with E-state index in [1.807, 2.05) is 36.4 Å². The van der Waals surface area contributed by atoms with Crippen LogP contribution >= 0.6 is 0 Å². The average Bonchev–Trinajstić information content (AvgIpc) is 2.47. The van der Waals surface area contributed by atoms with Crippen LogP contribution < -0.4 is 0 Å². The third kappa shape index (κ3) is 3.52. The fraction of sp³-hybridized carbons (Fsp3) is 0.125. The highest BCUT2D eigenvalue weighted by Gasteiger charge is 2.02. The van der Waals surface area contributed by atoms with E-state index in [4.69, 9.17) is 4.74 Å². The van der Waals surface area contributed by atoms with Crippen molar-refractivity contribution in [3.63, 3.8) is 0 Å². The van der Waals surface area contributed by atoms with Crippen molar-refractivity contribution in [2.24, 2.45) is 0 Å². The Morgan fingerprint density at radius 2 is 1.95 bits per heavy atom. The SMILES string of the molecule is CCOC(=O)/C=C/c1ccccc1-c1ccncc1. The van der Waals surface area contributed by atoms with Crippen LogP contribution in [0.3, 0.4) is 0 Å². The minimum Gasteiger partial charge on any atom is -0.463 e. The molecule has 2 aromatic rings. The number of pyridine rings is 1. The van der Waals surface area contributed by atoms with Crippen LogP contribution in [0.5, 0.6) is 0 Å². The summed E-state index contributed by atoms with van der Waals surface area (Å²) < 4.78 is 4.87. The van der Waals surface area contributed by atoms with Crippen molar-refractivity contribution in [1.29, 1.82) is 0 Å². The van der Waals surface area contributed by atoms with E-state index < -0.39 is 0 Å². The molecule has 1 aromatic carbocycles. The van der Waals surface area contributed by atoms with Crippen molar-refractivity contribution in [2.75, 3.05) is 6.61 Å². The maximum atomic E-state index is 11.3. The highest BCUT2D eigenvalue weighted by Crippen LogP contribution is 2.23. The van der Waals surface area contributed by atoms with E-state index in [2.05, 4.69) is 4.98 Å². The quantitative estimate of drug-likeness (QED) is 0.619. The van der Waals surface area contributed by atoms with Crippen molar-refractivity contribution < 1.29 is 9.53 Å². The predicted octanol–water partition coefficient (Wildman–Crippen LogP) is 3.32. The molecule has 0 saturated heterocycles. The van der Waals surface area contributed by atoms with E-state index in [0.29, 0.717) is 6.61 Å². The number of carbonyl (C=O) groups is 1. The Kier molecular flexibility index (Phi) is 4.45. The smallest absolute Gasteiger partial charge is 0.330 e. The first-order valence-electron chi connectivity index (χ1n) is 6.15. The number of aromatic nitrogens is 1. The maximum absolute atomic E-state index is 11.3. The molecule has 0 fully saturated rings. The third-order valence-electron chi connectivity index (χ3n) is 2.64. The molecule has 0 bridgehead atoms. The molecule has 0 aliphatic heterocycles. The van der Waals surface area contributed by atoms with Crippen molar-refractivity contribution >= 4 is 12.0 Å². The van der Waals surface area contributed by atoms with Crippen LogP contribution in [0.15, 0.2) is 54.9 Å². The van der Waals surface area contributed by atoms with Gasteiger partial charge in [-0.15, -0.1) is 0 Å². The van der Waals surface area contributed by atoms with Crippen LogP contribution in [-0.2, 0) is 9.53 Å². The lowest BCUT2D eigenvalue weighted by Crippen LogP contribution is -1.98. The summed E-state index contributed by atoms with van der Waals surface area (Å²) in [6, 6.07) is 11.8. The third-order valence-corrected chi connectivity index (χ3v) is 2.64. The van der Waals surface area contributed by atoms with Crippen LogP contribution in [0.25, 0.3) is 17.2 Å². The van der Waals surface area contributed by atoms with Crippen LogP contribution in [0.1, 0.15) is 12.5 Å². The first kappa shape index (κ1) is 13.0. The molecule has 0 radical (unpaired) electrons. The van der Waals surface area contributed by atoms with Gasteiger partial charge in [-0.2, -0.15) is 0 Å².